The molecule has 0 atom stereocenters. The van der Waals surface area contributed by atoms with E-state index in [1.54, 1.807) is 20.8 Å². The Hall–Kier alpha value is 0.650. The first-order chi connectivity index (χ1) is 6.58. The van der Waals surface area contributed by atoms with Crippen LogP contribution in [0.4, 0.5) is 0 Å². The van der Waals surface area contributed by atoms with E-state index in [1.165, 1.54) is 0 Å². The van der Waals surface area contributed by atoms with Crippen LogP contribution >= 0.6 is 7.57 Å². The van der Waals surface area contributed by atoms with Crippen LogP contribution in [0.25, 0.3) is 0 Å². The Balaban J connectivity index is 0. The summed E-state index contributed by atoms with van der Waals surface area (Å²) in [6, 6.07) is 0. The molecule has 0 saturated carbocycles. The normalized spacial score (nSPS) is 10.4. The van der Waals surface area contributed by atoms with E-state index in [0.29, 0.717) is 0 Å². The quantitative estimate of drug-likeness (QED) is 0.296. The number of hydrogen-bond acceptors (Lipinski definition) is 5. The van der Waals surface area contributed by atoms with Crippen molar-refractivity contribution in [3.05, 3.63) is 0 Å². The second-order valence-electron chi connectivity index (χ2n) is 2.26. The SMILES string of the molecule is CCOC(=O)C=P([O-])(OCC)OCC.[Na+]. The fourth-order valence-electron chi connectivity index (χ4n) is 0.780. The molecule has 0 spiro atoms. The molecule has 0 unspecified atom stereocenters. The fraction of sp³-hybridized carbons (Fsp3) is 0.750. The Kier molecular flexibility index (Phi) is 11.8. The molecule has 7 heteroatoms. The van der Waals surface area contributed by atoms with Gasteiger partial charge in [0.25, 0.3) is 0 Å². The largest absolute Gasteiger partial charge is 1.00 e. The molecule has 0 radical (unpaired) electrons. The summed E-state index contributed by atoms with van der Waals surface area (Å²) in [4.78, 5) is 22.7. The molecule has 0 aromatic heterocycles. The van der Waals surface area contributed by atoms with Crippen LogP contribution in [-0.2, 0) is 18.6 Å². The van der Waals surface area contributed by atoms with Crippen LogP contribution in [0.5, 0.6) is 0 Å². The number of ether oxygens (including phenoxy) is 1. The summed E-state index contributed by atoms with van der Waals surface area (Å²) >= 11 is 0. The van der Waals surface area contributed by atoms with E-state index >= 15 is 0 Å². The second kappa shape index (κ2) is 9.85. The van der Waals surface area contributed by atoms with Crippen molar-refractivity contribution >= 4 is 19.3 Å². The molecule has 5 nitrogen and oxygen atoms in total. The van der Waals surface area contributed by atoms with E-state index < -0.39 is 13.5 Å². The van der Waals surface area contributed by atoms with Gasteiger partial charge < -0.3 is 18.7 Å². The van der Waals surface area contributed by atoms with Crippen LogP contribution in [0, 0.1) is 0 Å². The summed E-state index contributed by atoms with van der Waals surface area (Å²) in [6.45, 7) is 5.67. The van der Waals surface area contributed by atoms with Crippen molar-refractivity contribution in [3.63, 3.8) is 0 Å². The van der Waals surface area contributed by atoms with Gasteiger partial charge in [0.15, 0.2) is 0 Å². The minimum atomic E-state index is -3.40. The molecule has 0 rings (SSSR count). The second-order valence-corrected chi connectivity index (χ2v) is 4.11. The third-order valence-electron chi connectivity index (χ3n) is 1.17. The van der Waals surface area contributed by atoms with Crippen molar-refractivity contribution in [1.82, 2.24) is 0 Å². The standard InChI is InChI=1S/C8H17O5P.Na/c1-4-11-8(9)7-14(10,12-5-2)13-6-3;/h7H,4-6H2,1-3H3,(H,9,10);/q;+1/p-1. The predicted molar refractivity (Wildman–Crippen MR) is 52.9 cm³/mol. The van der Waals surface area contributed by atoms with Gasteiger partial charge in [-0.3, -0.25) is 0 Å². The van der Waals surface area contributed by atoms with Gasteiger partial charge in [0.05, 0.1) is 20.0 Å². The van der Waals surface area contributed by atoms with Gasteiger partial charge in [-0.15, -0.1) is 0 Å². The zero-order valence-electron chi connectivity index (χ0n) is 9.69. The number of rotatable bonds is 6. The Morgan fingerprint density at radius 1 is 1.20 bits per heavy atom. The first kappa shape index (κ1) is 18.0. The van der Waals surface area contributed by atoms with E-state index in [0.717, 1.165) is 5.80 Å². The minimum absolute atomic E-state index is 0. The average molecular weight is 246 g/mol. The molecule has 0 aromatic carbocycles. The van der Waals surface area contributed by atoms with E-state index in [-0.39, 0.29) is 49.4 Å². The number of carbonyl (C=O) groups is 1. The monoisotopic (exact) mass is 246 g/mol. The Bertz CT molecular complexity index is 221. The van der Waals surface area contributed by atoms with E-state index in [2.05, 4.69) is 4.74 Å². The van der Waals surface area contributed by atoms with Crippen molar-refractivity contribution in [2.24, 2.45) is 0 Å². The van der Waals surface area contributed by atoms with Crippen LogP contribution in [0.15, 0.2) is 0 Å². The molecule has 0 aliphatic heterocycles. The van der Waals surface area contributed by atoms with E-state index in [4.69, 9.17) is 9.05 Å². The van der Waals surface area contributed by atoms with Crippen molar-refractivity contribution < 1.29 is 53.0 Å². The average Bonchev–Trinajstić information content (AvgIpc) is 2.04. The third kappa shape index (κ3) is 8.46. The summed E-state index contributed by atoms with van der Waals surface area (Å²) < 4.78 is 14.3. The molecular formula is C8H16NaO5P. The number of esters is 1. The molecular weight excluding hydrogens is 230 g/mol. The summed E-state index contributed by atoms with van der Waals surface area (Å²) in [6.07, 6.45) is 0. The summed E-state index contributed by atoms with van der Waals surface area (Å²) in [5, 5.41) is 0. The predicted octanol–water partition coefficient (Wildman–Crippen LogP) is -2.45. The maximum Gasteiger partial charge on any atom is 1.00 e. The van der Waals surface area contributed by atoms with Crippen LogP contribution in [0.3, 0.4) is 0 Å². The minimum Gasteiger partial charge on any atom is -0.788 e. The smallest absolute Gasteiger partial charge is 0.788 e. The molecule has 15 heavy (non-hydrogen) atoms. The van der Waals surface area contributed by atoms with Gasteiger partial charge in [-0.05, 0) is 20.8 Å². The Morgan fingerprint density at radius 2 is 1.67 bits per heavy atom. The summed E-state index contributed by atoms with van der Waals surface area (Å²) in [7, 11) is -3.40. The van der Waals surface area contributed by atoms with Gasteiger partial charge >= 0.3 is 35.5 Å². The molecule has 0 aromatic rings. The first-order valence-electron chi connectivity index (χ1n) is 4.49. The van der Waals surface area contributed by atoms with Gasteiger partial charge in [-0.1, -0.05) is 0 Å². The molecule has 0 fully saturated rings. The number of hydrogen-bond donors (Lipinski definition) is 0. The molecule has 84 valence electrons. The molecule has 0 saturated heterocycles. The molecule has 0 bridgehead atoms. The fourth-order valence-corrected chi connectivity index (χ4v) is 2.06. The van der Waals surface area contributed by atoms with Crippen LogP contribution < -0.4 is 34.5 Å². The third-order valence-corrected chi connectivity index (χ3v) is 2.93. The number of carbonyl (C=O) groups excluding carboxylic acids is 1. The van der Waals surface area contributed by atoms with Crippen LogP contribution in [0.2, 0.25) is 0 Å². The molecule has 0 aliphatic rings. The Labute approximate surface area is 113 Å². The van der Waals surface area contributed by atoms with Gasteiger partial charge in [0.1, 0.15) is 0 Å². The Morgan fingerprint density at radius 3 is 2.00 bits per heavy atom. The van der Waals surface area contributed by atoms with Gasteiger partial charge in [-0.2, -0.15) is 0 Å². The molecule has 0 amide bonds. The maximum atomic E-state index is 11.7. The summed E-state index contributed by atoms with van der Waals surface area (Å²) in [5.74, 6) is 0.182. The zero-order valence-corrected chi connectivity index (χ0v) is 12.6. The topological polar surface area (TPSA) is 67.8 Å². The van der Waals surface area contributed by atoms with Crippen LogP contribution in [-0.4, -0.2) is 31.6 Å². The van der Waals surface area contributed by atoms with E-state index in [9.17, 15) is 9.69 Å². The van der Waals surface area contributed by atoms with Crippen molar-refractivity contribution in [2.45, 2.75) is 20.8 Å². The van der Waals surface area contributed by atoms with Crippen molar-refractivity contribution in [3.8, 4) is 0 Å². The zero-order chi connectivity index (χ0) is 11.0. The van der Waals surface area contributed by atoms with Crippen molar-refractivity contribution in [1.29, 1.82) is 0 Å². The van der Waals surface area contributed by atoms with Crippen LogP contribution in [0.1, 0.15) is 20.8 Å². The molecule has 0 N–H and O–H groups in total. The molecule has 0 heterocycles. The molecule has 0 aliphatic carbocycles. The van der Waals surface area contributed by atoms with E-state index in [1.807, 2.05) is 0 Å². The maximum absolute atomic E-state index is 11.7. The van der Waals surface area contributed by atoms with Gasteiger partial charge in [0.2, 0.25) is 0 Å². The first-order valence-corrected chi connectivity index (χ1v) is 6.10. The van der Waals surface area contributed by atoms with Crippen molar-refractivity contribution in [2.75, 3.05) is 19.8 Å². The van der Waals surface area contributed by atoms with Gasteiger partial charge in [-0.25, -0.2) is 4.79 Å². The summed E-state index contributed by atoms with van der Waals surface area (Å²) in [5.41, 5.74) is 0. The van der Waals surface area contributed by atoms with Gasteiger partial charge in [0, 0.05) is 13.2 Å².